The number of piperidine rings is 1. The topological polar surface area (TPSA) is 38.3 Å². The first-order valence-electron chi connectivity index (χ1n) is 5.20. The Labute approximate surface area is 93.4 Å². The van der Waals surface area contributed by atoms with Crippen LogP contribution in [0.4, 0.5) is 0 Å². The third-order valence-electron chi connectivity index (χ3n) is 2.71. The minimum atomic E-state index is -0.227. The van der Waals surface area contributed by atoms with Crippen LogP contribution in [0.1, 0.15) is 33.3 Å². The van der Waals surface area contributed by atoms with Gasteiger partial charge in [0.05, 0.1) is 7.11 Å². The lowest BCUT2D eigenvalue weighted by Gasteiger charge is -2.21. The van der Waals surface area contributed by atoms with E-state index in [1.165, 1.54) is 24.8 Å². The zero-order valence-corrected chi connectivity index (χ0v) is 9.60. The van der Waals surface area contributed by atoms with Crippen LogP contribution >= 0.6 is 11.3 Å². The van der Waals surface area contributed by atoms with E-state index in [9.17, 15) is 4.79 Å². The van der Waals surface area contributed by atoms with E-state index in [2.05, 4.69) is 11.4 Å². The summed E-state index contributed by atoms with van der Waals surface area (Å²) >= 11 is 1.56. The average Bonchev–Trinajstić information content (AvgIpc) is 2.78. The van der Waals surface area contributed by atoms with Crippen LogP contribution in [0, 0.1) is 0 Å². The maximum absolute atomic E-state index is 11.3. The molecule has 1 aliphatic rings. The highest BCUT2D eigenvalue weighted by Crippen LogP contribution is 2.29. The van der Waals surface area contributed by atoms with Crippen LogP contribution in [0.2, 0.25) is 0 Å². The molecule has 0 saturated carbocycles. The van der Waals surface area contributed by atoms with Gasteiger partial charge in [0.25, 0.3) is 0 Å². The first kappa shape index (κ1) is 10.6. The molecular formula is C11H15NO2S. The lowest BCUT2D eigenvalue weighted by atomic mass is 9.98. The largest absolute Gasteiger partial charge is 0.465 e. The number of carbonyl (C=O) groups excluding carboxylic acids is 1. The summed E-state index contributed by atoms with van der Waals surface area (Å²) in [6.45, 7) is 2.15. The second-order valence-electron chi connectivity index (χ2n) is 3.74. The van der Waals surface area contributed by atoms with E-state index in [4.69, 9.17) is 4.74 Å². The van der Waals surface area contributed by atoms with E-state index in [1.54, 1.807) is 11.3 Å². The fraction of sp³-hybridized carbons (Fsp3) is 0.545. The Hall–Kier alpha value is -0.870. The standard InChI is InChI=1S/C11H15NO2S/c1-14-11(13)10-5-4-9(15-10)8-3-2-6-12-7-8/h4-5,8,12H,2-3,6-7H2,1H3. The van der Waals surface area contributed by atoms with Crippen LogP contribution in [0.25, 0.3) is 0 Å². The molecule has 1 N–H and O–H groups in total. The lowest BCUT2D eigenvalue weighted by molar-refractivity contribution is 0.0606. The molecule has 1 fully saturated rings. The summed E-state index contributed by atoms with van der Waals surface area (Å²) in [6, 6.07) is 3.91. The van der Waals surface area contributed by atoms with Crippen molar-refractivity contribution in [3.05, 3.63) is 21.9 Å². The predicted molar refractivity (Wildman–Crippen MR) is 60.5 cm³/mol. The number of methoxy groups -OCH3 is 1. The van der Waals surface area contributed by atoms with Crippen LogP contribution in [0.3, 0.4) is 0 Å². The highest BCUT2D eigenvalue weighted by atomic mass is 32.1. The van der Waals surface area contributed by atoms with E-state index >= 15 is 0 Å². The Morgan fingerprint density at radius 3 is 3.13 bits per heavy atom. The van der Waals surface area contributed by atoms with Gasteiger partial charge in [-0.25, -0.2) is 4.79 Å². The molecule has 1 aliphatic heterocycles. The number of thiophene rings is 1. The van der Waals surface area contributed by atoms with E-state index in [1.807, 2.05) is 6.07 Å². The lowest BCUT2D eigenvalue weighted by Crippen LogP contribution is -2.27. The SMILES string of the molecule is COC(=O)c1ccc(C2CCCNC2)s1. The van der Waals surface area contributed by atoms with E-state index < -0.39 is 0 Å². The van der Waals surface area contributed by atoms with Gasteiger partial charge in [0.1, 0.15) is 4.88 Å². The molecule has 82 valence electrons. The summed E-state index contributed by atoms with van der Waals surface area (Å²) in [5.74, 6) is 0.345. The zero-order chi connectivity index (χ0) is 10.7. The maximum Gasteiger partial charge on any atom is 0.348 e. The number of nitrogens with one attached hydrogen (secondary N) is 1. The molecule has 0 aliphatic carbocycles. The van der Waals surface area contributed by atoms with Crippen LogP contribution in [-0.2, 0) is 4.74 Å². The number of rotatable bonds is 2. The molecule has 0 aromatic carbocycles. The summed E-state index contributed by atoms with van der Waals surface area (Å²) in [4.78, 5) is 13.3. The summed E-state index contributed by atoms with van der Waals surface area (Å²) in [6.07, 6.45) is 2.43. The summed E-state index contributed by atoms with van der Waals surface area (Å²) in [7, 11) is 1.42. The molecule has 3 nitrogen and oxygen atoms in total. The van der Waals surface area contributed by atoms with Crippen molar-refractivity contribution < 1.29 is 9.53 Å². The molecule has 1 aromatic heterocycles. The zero-order valence-electron chi connectivity index (χ0n) is 8.79. The molecule has 1 atom stereocenters. The van der Waals surface area contributed by atoms with Crippen LogP contribution in [0.15, 0.2) is 12.1 Å². The number of hydrogen-bond donors (Lipinski definition) is 1. The van der Waals surface area contributed by atoms with E-state index in [-0.39, 0.29) is 5.97 Å². The Morgan fingerprint density at radius 1 is 1.60 bits per heavy atom. The van der Waals surface area contributed by atoms with Crippen molar-refractivity contribution in [2.24, 2.45) is 0 Å². The molecule has 2 rings (SSSR count). The molecule has 1 saturated heterocycles. The average molecular weight is 225 g/mol. The van der Waals surface area contributed by atoms with Gasteiger partial charge in [0, 0.05) is 17.3 Å². The molecule has 0 bridgehead atoms. The molecule has 0 radical (unpaired) electrons. The normalized spacial score (nSPS) is 21.3. The minimum absolute atomic E-state index is 0.227. The summed E-state index contributed by atoms with van der Waals surface area (Å²) in [5, 5.41) is 3.38. The molecule has 15 heavy (non-hydrogen) atoms. The molecule has 0 spiro atoms. The van der Waals surface area contributed by atoms with Gasteiger partial charge in [-0.2, -0.15) is 0 Å². The molecule has 4 heteroatoms. The predicted octanol–water partition coefficient (Wildman–Crippen LogP) is 2.00. The van der Waals surface area contributed by atoms with Crippen molar-refractivity contribution in [2.45, 2.75) is 18.8 Å². The van der Waals surface area contributed by atoms with Crippen molar-refractivity contribution in [1.29, 1.82) is 0 Å². The summed E-state index contributed by atoms with van der Waals surface area (Å²) < 4.78 is 4.69. The quantitative estimate of drug-likeness (QED) is 0.782. The molecule has 0 amide bonds. The Kier molecular flexibility index (Phi) is 3.38. The highest BCUT2D eigenvalue weighted by molar-refractivity contribution is 7.14. The molecule has 1 aromatic rings. The van der Waals surface area contributed by atoms with E-state index in [0.717, 1.165) is 13.1 Å². The molecule has 1 unspecified atom stereocenters. The van der Waals surface area contributed by atoms with Gasteiger partial charge in [0.15, 0.2) is 0 Å². The van der Waals surface area contributed by atoms with Crippen molar-refractivity contribution in [3.63, 3.8) is 0 Å². The third-order valence-corrected chi connectivity index (χ3v) is 3.94. The van der Waals surface area contributed by atoms with E-state index in [0.29, 0.717) is 10.8 Å². The molecule has 2 heterocycles. The Balaban J connectivity index is 2.08. The van der Waals surface area contributed by atoms with Crippen molar-refractivity contribution in [3.8, 4) is 0 Å². The second-order valence-corrected chi connectivity index (χ2v) is 4.85. The number of ether oxygens (including phenoxy) is 1. The van der Waals surface area contributed by atoms with Gasteiger partial charge in [-0.1, -0.05) is 0 Å². The summed E-state index contributed by atoms with van der Waals surface area (Å²) in [5.41, 5.74) is 0. The first-order chi connectivity index (χ1) is 7.31. The van der Waals surface area contributed by atoms with Gasteiger partial charge < -0.3 is 10.1 Å². The fourth-order valence-electron chi connectivity index (χ4n) is 1.88. The van der Waals surface area contributed by atoms with Gasteiger partial charge in [-0.3, -0.25) is 0 Å². The minimum Gasteiger partial charge on any atom is -0.465 e. The smallest absolute Gasteiger partial charge is 0.348 e. The monoisotopic (exact) mass is 225 g/mol. The second kappa shape index (κ2) is 4.77. The van der Waals surface area contributed by atoms with Gasteiger partial charge in [-0.15, -0.1) is 11.3 Å². The number of hydrogen-bond acceptors (Lipinski definition) is 4. The van der Waals surface area contributed by atoms with Gasteiger partial charge in [-0.05, 0) is 31.5 Å². The van der Waals surface area contributed by atoms with Crippen molar-refractivity contribution in [1.82, 2.24) is 5.32 Å². The Morgan fingerprint density at radius 2 is 2.47 bits per heavy atom. The van der Waals surface area contributed by atoms with Crippen molar-refractivity contribution in [2.75, 3.05) is 20.2 Å². The van der Waals surface area contributed by atoms with Crippen LogP contribution < -0.4 is 5.32 Å². The maximum atomic E-state index is 11.3. The van der Waals surface area contributed by atoms with Gasteiger partial charge in [0.2, 0.25) is 0 Å². The fourth-order valence-corrected chi connectivity index (χ4v) is 2.94. The van der Waals surface area contributed by atoms with Crippen LogP contribution in [-0.4, -0.2) is 26.2 Å². The highest BCUT2D eigenvalue weighted by Gasteiger charge is 2.18. The third kappa shape index (κ3) is 2.38. The van der Waals surface area contributed by atoms with Crippen LogP contribution in [0.5, 0.6) is 0 Å². The van der Waals surface area contributed by atoms with Crippen molar-refractivity contribution >= 4 is 17.3 Å². The molecular weight excluding hydrogens is 210 g/mol. The first-order valence-corrected chi connectivity index (χ1v) is 6.01. The van der Waals surface area contributed by atoms with Gasteiger partial charge >= 0.3 is 5.97 Å². The number of carbonyl (C=O) groups is 1. The Bertz CT molecular complexity index is 342. The number of esters is 1.